The summed E-state index contributed by atoms with van der Waals surface area (Å²) >= 11 is 0. The van der Waals surface area contributed by atoms with Crippen LogP contribution in [-0.2, 0) is 9.59 Å². The van der Waals surface area contributed by atoms with Gasteiger partial charge in [0.2, 0.25) is 11.8 Å². The van der Waals surface area contributed by atoms with Crippen molar-refractivity contribution in [1.29, 1.82) is 0 Å². The molecule has 8 nitrogen and oxygen atoms in total. The summed E-state index contributed by atoms with van der Waals surface area (Å²) in [5.74, 6) is -0.714. The van der Waals surface area contributed by atoms with Crippen molar-refractivity contribution in [2.24, 2.45) is 17.4 Å². The topological polar surface area (TPSA) is 139 Å². The Labute approximate surface area is 106 Å². The van der Waals surface area contributed by atoms with E-state index >= 15 is 0 Å². The molecule has 0 bridgehead atoms. The second-order valence-corrected chi connectivity index (χ2v) is 4.13. The van der Waals surface area contributed by atoms with Crippen LogP contribution in [0.3, 0.4) is 0 Å². The first-order valence-corrected chi connectivity index (χ1v) is 5.68. The lowest BCUT2D eigenvalue weighted by atomic mass is 10.1. The Morgan fingerprint density at radius 3 is 2.11 bits per heavy atom. The van der Waals surface area contributed by atoms with Gasteiger partial charge in [-0.2, -0.15) is 0 Å². The molecular weight excluding hydrogens is 238 g/mol. The maximum Gasteiger partial charge on any atom is 0.312 e. The molecule has 0 spiro atoms. The van der Waals surface area contributed by atoms with Crippen molar-refractivity contribution in [2.45, 2.75) is 19.9 Å². The number of urea groups is 1. The van der Waals surface area contributed by atoms with Crippen LogP contribution < -0.4 is 27.4 Å². The van der Waals surface area contributed by atoms with E-state index in [9.17, 15) is 14.4 Å². The quantitative estimate of drug-likeness (QED) is 0.333. The summed E-state index contributed by atoms with van der Waals surface area (Å²) in [5, 5.41) is 7.24. The molecule has 18 heavy (non-hydrogen) atoms. The summed E-state index contributed by atoms with van der Waals surface area (Å²) in [6.45, 7) is 3.98. The molecule has 1 atom stereocenters. The molecule has 0 fully saturated rings. The number of nitrogens with two attached hydrogens (primary N) is 2. The molecule has 0 saturated heterocycles. The highest BCUT2D eigenvalue weighted by atomic mass is 16.2. The molecular formula is C10H21N5O3. The SMILES string of the molecule is CC(C)[C@H](N)C(=O)NCC(=O)NCCNC(N)=O. The predicted molar refractivity (Wildman–Crippen MR) is 66.4 cm³/mol. The molecule has 8 heteroatoms. The molecule has 0 aromatic heterocycles. The van der Waals surface area contributed by atoms with Crippen molar-refractivity contribution >= 4 is 17.8 Å². The summed E-state index contributed by atoms with van der Waals surface area (Å²) in [7, 11) is 0. The molecule has 0 aliphatic rings. The van der Waals surface area contributed by atoms with Gasteiger partial charge in [-0.1, -0.05) is 13.8 Å². The first kappa shape index (κ1) is 16.2. The number of hydrogen-bond acceptors (Lipinski definition) is 4. The maximum absolute atomic E-state index is 11.4. The Balaban J connectivity index is 3.70. The first-order chi connectivity index (χ1) is 8.34. The average Bonchev–Trinajstić information content (AvgIpc) is 2.30. The average molecular weight is 259 g/mol. The van der Waals surface area contributed by atoms with Gasteiger partial charge in [-0.3, -0.25) is 9.59 Å². The molecule has 0 radical (unpaired) electrons. The van der Waals surface area contributed by atoms with Gasteiger partial charge in [0.1, 0.15) is 0 Å². The van der Waals surface area contributed by atoms with Gasteiger partial charge >= 0.3 is 6.03 Å². The Morgan fingerprint density at radius 2 is 1.61 bits per heavy atom. The fourth-order valence-corrected chi connectivity index (χ4v) is 1.04. The monoisotopic (exact) mass is 259 g/mol. The molecule has 0 heterocycles. The van der Waals surface area contributed by atoms with Crippen LogP contribution in [0.25, 0.3) is 0 Å². The summed E-state index contributed by atoms with van der Waals surface area (Å²) in [6.07, 6.45) is 0. The van der Waals surface area contributed by atoms with E-state index in [4.69, 9.17) is 11.5 Å². The largest absolute Gasteiger partial charge is 0.353 e. The first-order valence-electron chi connectivity index (χ1n) is 5.68. The van der Waals surface area contributed by atoms with Gasteiger partial charge < -0.3 is 27.4 Å². The molecule has 0 aliphatic heterocycles. The minimum Gasteiger partial charge on any atom is -0.353 e. The van der Waals surface area contributed by atoms with E-state index in [1.54, 1.807) is 0 Å². The summed E-state index contributed by atoms with van der Waals surface area (Å²) in [5.41, 5.74) is 10.4. The number of carbonyl (C=O) groups excluding carboxylic acids is 3. The van der Waals surface area contributed by atoms with Gasteiger partial charge in [-0.05, 0) is 5.92 Å². The summed E-state index contributed by atoms with van der Waals surface area (Å²) < 4.78 is 0. The molecule has 0 rings (SSSR count). The van der Waals surface area contributed by atoms with Crippen LogP contribution in [0.4, 0.5) is 4.79 Å². The third-order valence-electron chi connectivity index (χ3n) is 2.19. The van der Waals surface area contributed by atoms with E-state index in [0.29, 0.717) is 0 Å². The standard InChI is InChI=1S/C10H21N5O3/c1-6(2)8(11)9(17)15-5-7(16)13-3-4-14-10(12)18/h6,8H,3-5,11H2,1-2H3,(H,13,16)(H,15,17)(H3,12,14,18)/t8-/m0/s1. The van der Waals surface area contributed by atoms with Crippen molar-refractivity contribution in [3.8, 4) is 0 Å². The number of primary amides is 1. The van der Waals surface area contributed by atoms with E-state index in [2.05, 4.69) is 16.0 Å². The highest BCUT2D eigenvalue weighted by molar-refractivity contribution is 5.87. The van der Waals surface area contributed by atoms with E-state index in [0.717, 1.165) is 0 Å². The van der Waals surface area contributed by atoms with Gasteiger partial charge in [-0.25, -0.2) is 4.79 Å². The normalized spacial score (nSPS) is 11.8. The Hall–Kier alpha value is -1.83. The van der Waals surface area contributed by atoms with Gasteiger partial charge in [-0.15, -0.1) is 0 Å². The van der Waals surface area contributed by atoms with Crippen LogP contribution in [0, 0.1) is 5.92 Å². The fraction of sp³-hybridized carbons (Fsp3) is 0.700. The van der Waals surface area contributed by atoms with Gasteiger partial charge in [0.25, 0.3) is 0 Å². The second kappa shape index (κ2) is 8.29. The number of hydrogen-bond donors (Lipinski definition) is 5. The fourth-order valence-electron chi connectivity index (χ4n) is 1.04. The summed E-state index contributed by atoms with van der Waals surface area (Å²) in [6, 6.07) is -1.28. The van der Waals surface area contributed by atoms with Gasteiger partial charge in [0.05, 0.1) is 12.6 Å². The highest BCUT2D eigenvalue weighted by Crippen LogP contribution is 1.97. The molecule has 0 aromatic carbocycles. The molecule has 0 saturated carbocycles. The van der Waals surface area contributed by atoms with Crippen LogP contribution in [0.5, 0.6) is 0 Å². The van der Waals surface area contributed by atoms with Crippen molar-refractivity contribution in [3.05, 3.63) is 0 Å². The predicted octanol–water partition coefficient (Wildman–Crippen LogP) is -2.13. The lowest BCUT2D eigenvalue weighted by Crippen LogP contribution is -2.47. The van der Waals surface area contributed by atoms with Crippen LogP contribution in [0.15, 0.2) is 0 Å². The zero-order valence-corrected chi connectivity index (χ0v) is 10.7. The second-order valence-electron chi connectivity index (χ2n) is 4.13. The van der Waals surface area contributed by atoms with Crippen molar-refractivity contribution in [3.63, 3.8) is 0 Å². The lowest BCUT2D eigenvalue weighted by molar-refractivity contribution is -0.127. The number of amides is 4. The van der Waals surface area contributed by atoms with E-state index in [-0.39, 0.29) is 37.4 Å². The van der Waals surface area contributed by atoms with Gasteiger partial charge in [0, 0.05) is 13.1 Å². The van der Waals surface area contributed by atoms with Crippen LogP contribution in [0.1, 0.15) is 13.8 Å². The molecule has 0 aromatic rings. The van der Waals surface area contributed by atoms with Crippen molar-refractivity contribution in [2.75, 3.05) is 19.6 Å². The van der Waals surface area contributed by atoms with Crippen LogP contribution in [-0.4, -0.2) is 43.5 Å². The maximum atomic E-state index is 11.4. The zero-order valence-electron chi connectivity index (χ0n) is 10.7. The number of carbonyl (C=O) groups is 3. The molecule has 0 aliphatic carbocycles. The Bertz CT molecular complexity index is 306. The highest BCUT2D eigenvalue weighted by Gasteiger charge is 2.17. The van der Waals surface area contributed by atoms with Crippen LogP contribution in [0.2, 0.25) is 0 Å². The minimum absolute atomic E-state index is 0.00725. The van der Waals surface area contributed by atoms with E-state index in [1.807, 2.05) is 13.8 Å². The zero-order chi connectivity index (χ0) is 14.1. The van der Waals surface area contributed by atoms with Crippen molar-refractivity contribution < 1.29 is 14.4 Å². The molecule has 0 unspecified atom stereocenters. The minimum atomic E-state index is -0.652. The molecule has 104 valence electrons. The third kappa shape index (κ3) is 7.44. The van der Waals surface area contributed by atoms with Gasteiger partial charge in [0.15, 0.2) is 0 Å². The number of nitrogens with one attached hydrogen (secondary N) is 3. The summed E-state index contributed by atoms with van der Waals surface area (Å²) in [4.78, 5) is 33.0. The van der Waals surface area contributed by atoms with E-state index < -0.39 is 12.1 Å². The smallest absolute Gasteiger partial charge is 0.312 e. The van der Waals surface area contributed by atoms with Crippen molar-refractivity contribution in [1.82, 2.24) is 16.0 Å². The van der Waals surface area contributed by atoms with E-state index in [1.165, 1.54) is 0 Å². The number of rotatable bonds is 7. The third-order valence-corrected chi connectivity index (χ3v) is 2.19. The lowest BCUT2D eigenvalue weighted by Gasteiger charge is -2.15. The molecule has 4 amide bonds. The Morgan fingerprint density at radius 1 is 1.06 bits per heavy atom. The molecule has 7 N–H and O–H groups in total. The Kier molecular flexibility index (Phi) is 7.45. The van der Waals surface area contributed by atoms with Crippen LogP contribution >= 0.6 is 0 Å².